The lowest BCUT2D eigenvalue weighted by molar-refractivity contribution is 0.0477. The minimum Gasteiger partial charge on any atom is -0.486 e. The van der Waals surface area contributed by atoms with Crippen LogP contribution in [0.4, 0.5) is 8.78 Å². The van der Waals surface area contributed by atoms with Crippen molar-refractivity contribution in [2.45, 2.75) is 33.2 Å². The zero-order valence-electron chi connectivity index (χ0n) is 16.1. The van der Waals surface area contributed by atoms with E-state index in [1.165, 1.54) is 6.07 Å². The van der Waals surface area contributed by atoms with E-state index in [1.807, 2.05) is 6.92 Å². The normalized spacial score (nSPS) is 10.5. The van der Waals surface area contributed by atoms with Crippen molar-refractivity contribution >= 4 is 11.9 Å². The fourth-order valence-corrected chi connectivity index (χ4v) is 2.33. The van der Waals surface area contributed by atoms with Crippen molar-refractivity contribution in [1.29, 1.82) is 0 Å². The summed E-state index contributed by atoms with van der Waals surface area (Å²) in [7, 11) is 0. The van der Waals surface area contributed by atoms with Gasteiger partial charge >= 0.3 is 5.97 Å². The predicted octanol–water partition coefficient (Wildman–Crippen LogP) is 3.20. The van der Waals surface area contributed by atoms with Crippen LogP contribution in [0.15, 0.2) is 33.7 Å². The third-order valence-electron chi connectivity index (χ3n) is 3.86. The van der Waals surface area contributed by atoms with Gasteiger partial charge in [0.05, 0.1) is 13.2 Å². The number of halogens is 2. The molecule has 156 valence electrons. The highest BCUT2D eigenvalue weighted by molar-refractivity contribution is 5.95. The third kappa shape index (κ3) is 5.63. The van der Waals surface area contributed by atoms with Crippen molar-refractivity contribution < 1.29 is 32.3 Å². The van der Waals surface area contributed by atoms with Crippen molar-refractivity contribution in [3.63, 3.8) is 0 Å². The molecule has 1 aromatic carbocycles. The quantitative estimate of drug-likeness (QED) is 0.505. The van der Waals surface area contributed by atoms with Gasteiger partial charge in [0.1, 0.15) is 23.5 Å². The monoisotopic (exact) mass is 409 g/mol. The van der Waals surface area contributed by atoms with Gasteiger partial charge in [-0.05, 0) is 19.4 Å². The highest BCUT2D eigenvalue weighted by Crippen LogP contribution is 2.17. The van der Waals surface area contributed by atoms with E-state index >= 15 is 0 Å². The molecule has 1 aromatic heterocycles. The standard InChI is InChI=1S/C20H21F2NO6/c1-3-5-8-28-17-16(24)14(11-29-18(17)20(26)27-4-2)19(25)23-10-12-6-7-13(21)9-15(12)22/h6-7,9,11H,3-5,8,10H2,1-2H3,(H,23,25). The molecule has 9 heteroatoms. The van der Waals surface area contributed by atoms with Gasteiger partial charge in [-0.1, -0.05) is 19.4 Å². The van der Waals surface area contributed by atoms with E-state index in [9.17, 15) is 23.2 Å². The van der Waals surface area contributed by atoms with Crippen molar-refractivity contribution in [2.24, 2.45) is 0 Å². The maximum absolute atomic E-state index is 13.7. The first kappa shape index (κ1) is 22.1. The molecule has 0 aliphatic rings. The van der Waals surface area contributed by atoms with Crippen LogP contribution in [0, 0.1) is 11.6 Å². The Hall–Kier alpha value is -3.23. The summed E-state index contributed by atoms with van der Waals surface area (Å²) < 4.78 is 42.0. The number of carbonyl (C=O) groups is 2. The molecule has 0 aliphatic heterocycles. The maximum atomic E-state index is 13.7. The Balaban J connectivity index is 2.26. The lowest BCUT2D eigenvalue weighted by atomic mass is 10.2. The molecule has 0 unspecified atom stereocenters. The average molecular weight is 409 g/mol. The zero-order valence-corrected chi connectivity index (χ0v) is 16.1. The number of unbranched alkanes of at least 4 members (excludes halogenated alkanes) is 1. The molecule has 7 nitrogen and oxygen atoms in total. The molecule has 2 rings (SSSR count). The average Bonchev–Trinajstić information content (AvgIpc) is 2.68. The molecule has 1 amide bonds. The predicted molar refractivity (Wildman–Crippen MR) is 98.9 cm³/mol. The lowest BCUT2D eigenvalue weighted by Gasteiger charge is -2.11. The minimum atomic E-state index is -0.892. The molecule has 29 heavy (non-hydrogen) atoms. The molecule has 0 radical (unpaired) electrons. The van der Waals surface area contributed by atoms with Gasteiger partial charge in [-0.25, -0.2) is 13.6 Å². The molecular formula is C20H21F2NO6. The number of amides is 1. The lowest BCUT2D eigenvalue weighted by Crippen LogP contribution is -2.30. The molecule has 1 N–H and O–H groups in total. The van der Waals surface area contributed by atoms with E-state index in [0.717, 1.165) is 18.8 Å². The summed E-state index contributed by atoms with van der Waals surface area (Å²) in [5.41, 5.74) is -1.24. The summed E-state index contributed by atoms with van der Waals surface area (Å²) in [5, 5.41) is 2.35. The number of carbonyl (C=O) groups excluding carboxylic acids is 2. The molecule has 1 heterocycles. The van der Waals surface area contributed by atoms with Crippen LogP contribution >= 0.6 is 0 Å². The highest BCUT2D eigenvalue weighted by atomic mass is 19.1. The summed E-state index contributed by atoms with van der Waals surface area (Å²) >= 11 is 0. The highest BCUT2D eigenvalue weighted by Gasteiger charge is 2.25. The second-order valence-corrected chi connectivity index (χ2v) is 5.98. The van der Waals surface area contributed by atoms with Crippen LogP contribution in [0.5, 0.6) is 5.75 Å². The van der Waals surface area contributed by atoms with Crippen LogP contribution in [0.25, 0.3) is 0 Å². The van der Waals surface area contributed by atoms with Crippen LogP contribution in [-0.2, 0) is 11.3 Å². The first-order valence-corrected chi connectivity index (χ1v) is 9.06. The fraction of sp³-hybridized carbons (Fsp3) is 0.350. The summed E-state index contributed by atoms with van der Waals surface area (Å²) in [6, 6.07) is 2.91. The van der Waals surface area contributed by atoms with Gasteiger partial charge in [-0.15, -0.1) is 0 Å². The van der Waals surface area contributed by atoms with Crippen LogP contribution in [0.1, 0.15) is 53.2 Å². The Bertz CT molecular complexity index is 941. The van der Waals surface area contributed by atoms with E-state index in [1.54, 1.807) is 6.92 Å². The van der Waals surface area contributed by atoms with Gasteiger partial charge in [0, 0.05) is 18.2 Å². The Kier molecular flexibility index (Phi) is 7.88. The Morgan fingerprint density at radius 2 is 1.97 bits per heavy atom. The molecule has 0 aliphatic carbocycles. The van der Waals surface area contributed by atoms with Gasteiger partial charge in [-0.3, -0.25) is 9.59 Å². The summed E-state index contributed by atoms with van der Waals surface area (Å²) in [5.74, 6) is -4.19. The number of ether oxygens (including phenoxy) is 2. The second-order valence-electron chi connectivity index (χ2n) is 5.98. The van der Waals surface area contributed by atoms with Crippen molar-refractivity contribution in [3.8, 4) is 5.75 Å². The molecule has 0 atom stereocenters. The first-order valence-electron chi connectivity index (χ1n) is 9.06. The number of rotatable bonds is 9. The van der Waals surface area contributed by atoms with Gasteiger partial charge in [0.25, 0.3) is 11.7 Å². The SMILES string of the molecule is CCCCOc1c(C(=O)OCC)occ(C(=O)NCc2ccc(F)cc2F)c1=O. The summed E-state index contributed by atoms with van der Waals surface area (Å²) in [6.07, 6.45) is 2.21. The Labute approximate surface area is 165 Å². The molecular weight excluding hydrogens is 388 g/mol. The van der Waals surface area contributed by atoms with Gasteiger partial charge in [-0.2, -0.15) is 0 Å². The number of nitrogens with one attached hydrogen (secondary N) is 1. The zero-order chi connectivity index (χ0) is 21.4. The van der Waals surface area contributed by atoms with E-state index in [-0.39, 0.29) is 25.3 Å². The Morgan fingerprint density at radius 3 is 2.62 bits per heavy atom. The molecule has 0 bridgehead atoms. The van der Waals surface area contributed by atoms with Crippen LogP contribution < -0.4 is 15.5 Å². The van der Waals surface area contributed by atoms with Crippen LogP contribution in [-0.4, -0.2) is 25.1 Å². The van der Waals surface area contributed by atoms with Crippen molar-refractivity contribution in [3.05, 3.63) is 63.2 Å². The summed E-state index contributed by atoms with van der Waals surface area (Å²) in [6.45, 7) is 3.42. The van der Waals surface area contributed by atoms with Crippen LogP contribution in [0.2, 0.25) is 0 Å². The second kappa shape index (κ2) is 10.4. The number of benzene rings is 1. The van der Waals surface area contributed by atoms with Crippen LogP contribution in [0.3, 0.4) is 0 Å². The van der Waals surface area contributed by atoms with Gasteiger partial charge in [0.15, 0.2) is 0 Å². The molecule has 2 aromatic rings. The Morgan fingerprint density at radius 1 is 1.21 bits per heavy atom. The van der Waals surface area contributed by atoms with E-state index in [2.05, 4.69) is 5.32 Å². The van der Waals surface area contributed by atoms with Gasteiger partial charge < -0.3 is 19.2 Å². The van der Waals surface area contributed by atoms with Crippen molar-refractivity contribution in [1.82, 2.24) is 5.32 Å². The first-order chi connectivity index (χ1) is 13.9. The molecule has 0 saturated heterocycles. The molecule has 0 saturated carbocycles. The smallest absolute Gasteiger partial charge is 0.378 e. The van der Waals surface area contributed by atoms with E-state index in [0.29, 0.717) is 12.5 Å². The van der Waals surface area contributed by atoms with Crippen molar-refractivity contribution in [2.75, 3.05) is 13.2 Å². The minimum absolute atomic E-state index is 0.0340. The third-order valence-corrected chi connectivity index (χ3v) is 3.86. The largest absolute Gasteiger partial charge is 0.486 e. The van der Waals surface area contributed by atoms with Gasteiger partial charge in [0.2, 0.25) is 11.2 Å². The van der Waals surface area contributed by atoms with E-state index < -0.39 is 46.0 Å². The number of esters is 1. The molecule has 0 spiro atoms. The fourth-order valence-electron chi connectivity index (χ4n) is 2.33. The molecule has 0 fully saturated rings. The van der Waals surface area contributed by atoms with E-state index in [4.69, 9.17) is 13.9 Å². The number of hydrogen-bond donors (Lipinski definition) is 1. The summed E-state index contributed by atoms with van der Waals surface area (Å²) in [4.78, 5) is 37.0. The maximum Gasteiger partial charge on any atom is 0.378 e. The number of hydrogen-bond acceptors (Lipinski definition) is 6. The topological polar surface area (TPSA) is 94.8 Å².